The molecule has 2 aliphatic heterocycles. The number of fused-ring (bicyclic) bond motifs is 1. The van der Waals surface area contributed by atoms with Gasteiger partial charge >= 0.3 is 0 Å². The van der Waals surface area contributed by atoms with E-state index in [4.69, 9.17) is 11.6 Å². The smallest absolute Gasteiger partial charge is 0.238 e. The molecule has 6 nitrogen and oxygen atoms in total. The molecule has 1 fully saturated rings. The molecule has 1 saturated heterocycles. The third-order valence-corrected chi connectivity index (χ3v) is 7.29. The van der Waals surface area contributed by atoms with E-state index < -0.39 is 5.25 Å². The average Bonchev–Trinajstić information content (AvgIpc) is 3.24. The van der Waals surface area contributed by atoms with Crippen molar-refractivity contribution in [3.8, 4) is 0 Å². The van der Waals surface area contributed by atoms with Gasteiger partial charge in [-0.25, -0.2) is 0 Å². The molecule has 0 aliphatic carbocycles. The average molecular weight is 459 g/mol. The van der Waals surface area contributed by atoms with E-state index >= 15 is 0 Å². The Kier molecular flexibility index (Phi) is 7.17. The fourth-order valence-electron chi connectivity index (χ4n) is 3.99. The van der Waals surface area contributed by atoms with Gasteiger partial charge in [0.05, 0.1) is 10.9 Å². The van der Waals surface area contributed by atoms with Crippen molar-refractivity contribution in [1.29, 1.82) is 0 Å². The minimum Gasteiger partial charge on any atom is -0.346 e. The van der Waals surface area contributed by atoms with E-state index in [0.717, 1.165) is 24.2 Å². The molecule has 2 amide bonds. The predicted octanol–water partition coefficient (Wildman–Crippen LogP) is 3.99. The Morgan fingerprint density at radius 1 is 1.19 bits per heavy atom. The van der Waals surface area contributed by atoms with Crippen molar-refractivity contribution in [1.82, 2.24) is 15.8 Å². The molecule has 0 bridgehead atoms. The highest BCUT2D eigenvalue weighted by atomic mass is 35.5. The number of hydrazine groups is 1. The fourth-order valence-corrected chi connectivity index (χ4v) is 5.24. The highest BCUT2D eigenvalue weighted by Crippen LogP contribution is 2.38. The van der Waals surface area contributed by atoms with Crippen LogP contribution in [0.25, 0.3) is 0 Å². The van der Waals surface area contributed by atoms with Gasteiger partial charge in [0.25, 0.3) is 0 Å². The van der Waals surface area contributed by atoms with E-state index in [1.54, 1.807) is 17.0 Å². The second kappa shape index (κ2) is 10.0. The molecular weight excluding hydrogens is 432 g/mol. The Morgan fingerprint density at radius 2 is 2.00 bits per heavy atom. The van der Waals surface area contributed by atoms with Crippen molar-refractivity contribution in [2.45, 2.75) is 47.9 Å². The van der Waals surface area contributed by atoms with Gasteiger partial charge in [-0.1, -0.05) is 41.9 Å². The second-order valence-corrected chi connectivity index (χ2v) is 9.76. The molecular formula is C23H27ClN4O2S. The number of amides is 2. The zero-order chi connectivity index (χ0) is 21.8. The normalized spacial score (nSPS) is 22.6. The Bertz CT molecular complexity index is 942. The number of nitrogens with zero attached hydrogens (tertiary/aromatic N) is 1. The quantitative estimate of drug-likeness (QED) is 0.585. The van der Waals surface area contributed by atoms with Gasteiger partial charge in [0, 0.05) is 42.0 Å². The summed E-state index contributed by atoms with van der Waals surface area (Å²) in [6, 6.07) is 16.6. The summed E-state index contributed by atoms with van der Waals surface area (Å²) in [6.07, 6.45) is 3.12. The largest absolute Gasteiger partial charge is 0.346 e. The van der Waals surface area contributed by atoms with Crippen LogP contribution in [0.2, 0.25) is 5.02 Å². The Labute approximate surface area is 192 Å². The maximum atomic E-state index is 12.7. The molecule has 0 radical (unpaired) electrons. The third-order valence-electron chi connectivity index (χ3n) is 5.78. The van der Waals surface area contributed by atoms with Crippen LogP contribution in [0.3, 0.4) is 0 Å². The number of nitrogens with one attached hydrogen (secondary N) is 3. The van der Waals surface area contributed by atoms with Crippen LogP contribution in [0.5, 0.6) is 0 Å². The SMILES string of the molecule is CN(CCCC1CC(c2ccccc2)NN1)C(=O)CC1Sc2ccc(Cl)cc2NC1=O. The molecule has 3 unspecified atom stereocenters. The number of thioether (sulfide) groups is 1. The van der Waals surface area contributed by atoms with Crippen LogP contribution < -0.4 is 16.2 Å². The number of carbonyl (C=O) groups is 2. The lowest BCUT2D eigenvalue weighted by Gasteiger charge is -2.26. The maximum absolute atomic E-state index is 12.7. The van der Waals surface area contributed by atoms with E-state index in [9.17, 15) is 9.59 Å². The van der Waals surface area contributed by atoms with Crippen LogP contribution in [0, 0.1) is 0 Å². The van der Waals surface area contributed by atoms with Crippen molar-refractivity contribution >= 4 is 40.9 Å². The summed E-state index contributed by atoms with van der Waals surface area (Å²) >= 11 is 7.42. The molecule has 0 saturated carbocycles. The van der Waals surface area contributed by atoms with Crippen LogP contribution in [-0.4, -0.2) is 41.6 Å². The van der Waals surface area contributed by atoms with Crippen molar-refractivity contribution in [2.75, 3.05) is 18.9 Å². The summed E-state index contributed by atoms with van der Waals surface area (Å²) in [7, 11) is 1.81. The number of hydrogen-bond donors (Lipinski definition) is 3. The van der Waals surface area contributed by atoms with Gasteiger partial charge < -0.3 is 10.2 Å². The van der Waals surface area contributed by atoms with E-state index in [2.05, 4.69) is 40.4 Å². The third kappa shape index (κ3) is 5.60. The number of carbonyl (C=O) groups excluding carboxylic acids is 2. The lowest BCUT2D eigenvalue weighted by atomic mass is 10.00. The fraction of sp³-hybridized carbons (Fsp3) is 0.391. The Balaban J connectivity index is 1.21. The summed E-state index contributed by atoms with van der Waals surface area (Å²) in [5, 5.41) is 3.02. The molecule has 2 aliphatic rings. The van der Waals surface area contributed by atoms with Gasteiger partial charge in [-0.05, 0) is 43.0 Å². The molecule has 4 rings (SSSR count). The topological polar surface area (TPSA) is 73.5 Å². The standard InChI is InChI=1S/C23H27ClN4O2S/c1-28(11-5-8-17-13-18(27-26-17)15-6-3-2-4-7-15)22(29)14-21-23(30)25-19-12-16(24)9-10-20(19)31-21/h2-4,6-7,9-10,12,17-18,21,26-27H,5,8,11,13-14H2,1H3,(H,25,30). The molecule has 2 heterocycles. The Morgan fingerprint density at radius 3 is 2.81 bits per heavy atom. The second-order valence-electron chi connectivity index (χ2n) is 8.08. The molecule has 2 aromatic carbocycles. The molecule has 164 valence electrons. The molecule has 0 aromatic heterocycles. The molecule has 31 heavy (non-hydrogen) atoms. The maximum Gasteiger partial charge on any atom is 0.238 e. The summed E-state index contributed by atoms with van der Waals surface area (Å²) in [5.41, 5.74) is 8.75. The molecule has 3 N–H and O–H groups in total. The van der Waals surface area contributed by atoms with E-state index in [1.165, 1.54) is 17.3 Å². The van der Waals surface area contributed by atoms with Gasteiger partial charge in [-0.3, -0.25) is 20.4 Å². The van der Waals surface area contributed by atoms with Gasteiger partial charge in [0.2, 0.25) is 11.8 Å². The minimum atomic E-state index is -0.420. The van der Waals surface area contributed by atoms with Gasteiger partial charge in [0.1, 0.15) is 0 Å². The van der Waals surface area contributed by atoms with Crippen LogP contribution in [-0.2, 0) is 9.59 Å². The van der Waals surface area contributed by atoms with Crippen molar-refractivity contribution in [2.24, 2.45) is 0 Å². The number of hydrogen-bond acceptors (Lipinski definition) is 5. The van der Waals surface area contributed by atoms with Gasteiger partial charge in [-0.2, -0.15) is 0 Å². The summed E-state index contributed by atoms with van der Waals surface area (Å²) in [5.74, 6) is -0.153. The first-order chi connectivity index (χ1) is 15.0. The van der Waals surface area contributed by atoms with Crippen LogP contribution in [0.15, 0.2) is 53.4 Å². The van der Waals surface area contributed by atoms with E-state index in [1.807, 2.05) is 19.2 Å². The highest BCUT2D eigenvalue weighted by molar-refractivity contribution is 8.01. The van der Waals surface area contributed by atoms with Crippen molar-refractivity contribution < 1.29 is 9.59 Å². The number of rotatable bonds is 7. The molecule has 0 spiro atoms. The first-order valence-corrected chi connectivity index (χ1v) is 11.8. The Hall–Kier alpha value is -2.06. The first kappa shape index (κ1) is 22.1. The van der Waals surface area contributed by atoms with Crippen LogP contribution in [0.4, 0.5) is 5.69 Å². The number of benzene rings is 2. The van der Waals surface area contributed by atoms with Crippen LogP contribution >= 0.6 is 23.4 Å². The minimum absolute atomic E-state index is 0.00951. The van der Waals surface area contributed by atoms with Crippen LogP contribution in [0.1, 0.15) is 37.3 Å². The summed E-state index contributed by atoms with van der Waals surface area (Å²) < 4.78 is 0. The van der Waals surface area contributed by atoms with Gasteiger partial charge in [0.15, 0.2) is 0 Å². The number of anilines is 1. The summed E-state index contributed by atoms with van der Waals surface area (Å²) in [6.45, 7) is 0.679. The molecule has 2 aromatic rings. The highest BCUT2D eigenvalue weighted by Gasteiger charge is 2.30. The molecule has 3 atom stereocenters. The van der Waals surface area contributed by atoms with Gasteiger partial charge in [-0.15, -0.1) is 11.8 Å². The van der Waals surface area contributed by atoms with E-state index in [-0.39, 0.29) is 18.2 Å². The predicted molar refractivity (Wildman–Crippen MR) is 125 cm³/mol. The van der Waals surface area contributed by atoms with E-state index in [0.29, 0.717) is 29.3 Å². The van der Waals surface area contributed by atoms with Crippen molar-refractivity contribution in [3.05, 3.63) is 59.1 Å². The zero-order valence-corrected chi connectivity index (χ0v) is 19.0. The summed E-state index contributed by atoms with van der Waals surface area (Å²) in [4.78, 5) is 27.8. The lowest BCUT2D eigenvalue weighted by molar-refractivity contribution is -0.131. The van der Waals surface area contributed by atoms with Crippen molar-refractivity contribution in [3.63, 3.8) is 0 Å². The zero-order valence-electron chi connectivity index (χ0n) is 17.4. The molecule has 8 heteroatoms. The first-order valence-electron chi connectivity index (χ1n) is 10.6. The number of halogens is 1. The lowest BCUT2D eigenvalue weighted by Crippen LogP contribution is -2.36. The monoisotopic (exact) mass is 458 g/mol.